The molecule has 5 heteroatoms. The molecule has 2 heterocycles. The third-order valence-electron chi connectivity index (χ3n) is 3.65. The number of nitrogens with zero attached hydrogens (tertiary/aromatic N) is 1. The number of nitrogens with one attached hydrogen (secondary N) is 1. The van der Waals surface area contributed by atoms with Crippen LogP contribution in [0.15, 0.2) is 18.2 Å². The number of imidazole rings is 1. The monoisotopic (exact) mass is 289 g/mol. The van der Waals surface area contributed by atoms with Gasteiger partial charge in [0, 0.05) is 4.88 Å². The van der Waals surface area contributed by atoms with Crippen molar-refractivity contribution in [1.29, 1.82) is 0 Å². The number of anilines is 1. The van der Waals surface area contributed by atoms with E-state index in [9.17, 15) is 0 Å². The molecule has 19 heavy (non-hydrogen) atoms. The third kappa shape index (κ3) is 1.60. The standard InChI is InChI=1S/C14H12ClN3S/c15-8-4-2-5-9-12(8)18-14(17-9)11-7-3-1-6-10(7)19-13(11)16/h2,4-5H,1,3,6,16H2,(H,17,18). The number of fused-ring (bicyclic) bond motifs is 2. The molecule has 0 spiro atoms. The molecular weight excluding hydrogens is 278 g/mol. The second-order valence-corrected chi connectivity index (χ2v) is 6.36. The van der Waals surface area contributed by atoms with E-state index in [0.29, 0.717) is 5.02 Å². The van der Waals surface area contributed by atoms with Gasteiger partial charge in [-0.1, -0.05) is 17.7 Å². The van der Waals surface area contributed by atoms with Crippen LogP contribution in [0, 0.1) is 0 Å². The molecule has 3 aromatic rings. The summed E-state index contributed by atoms with van der Waals surface area (Å²) in [7, 11) is 0. The van der Waals surface area contributed by atoms with E-state index in [4.69, 9.17) is 17.3 Å². The van der Waals surface area contributed by atoms with Crippen molar-refractivity contribution in [2.45, 2.75) is 19.3 Å². The summed E-state index contributed by atoms with van der Waals surface area (Å²) in [6.45, 7) is 0. The predicted molar refractivity (Wildman–Crippen MR) is 80.9 cm³/mol. The average Bonchev–Trinajstić information content (AvgIpc) is 3.02. The van der Waals surface area contributed by atoms with E-state index in [2.05, 4.69) is 9.97 Å². The van der Waals surface area contributed by atoms with Gasteiger partial charge < -0.3 is 10.7 Å². The molecule has 3 nitrogen and oxygen atoms in total. The van der Waals surface area contributed by atoms with E-state index in [1.54, 1.807) is 11.3 Å². The highest BCUT2D eigenvalue weighted by Crippen LogP contribution is 2.43. The molecule has 4 rings (SSSR count). The largest absolute Gasteiger partial charge is 0.390 e. The number of aryl methyl sites for hydroxylation is 1. The number of H-pyrrole nitrogens is 1. The molecule has 1 aromatic carbocycles. The van der Waals surface area contributed by atoms with E-state index in [0.717, 1.165) is 40.3 Å². The van der Waals surface area contributed by atoms with Crippen molar-refractivity contribution in [2.24, 2.45) is 0 Å². The van der Waals surface area contributed by atoms with Crippen molar-refractivity contribution in [1.82, 2.24) is 9.97 Å². The molecule has 0 radical (unpaired) electrons. The van der Waals surface area contributed by atoms with Gasteiger partial charge in [0.15, 0.2) is 0 Å². The van der Waals surface area contributed by atoms with Crippen LogP contribution < -0.4 is 5.73 Å². The Bertz CT molecular complexity index is 787. The number of rotatable bonds is 1. The van der Waals surface area contributed by atoms with E-state index < -0.39 is 0 Å². The second-order valence-electron chi connectivity index (χ2n) is 4.82. The Morgan fingerprint density at radius 1 is 1.32 bits per heavy atom. The lowest BCUT2D eigenvalue weighted by atomic mass is 10.1. The lowest BCUT2D eigenvalue weighted by molar-refractivity contribution is 0.915. The van der Waals surface area contributed by atoms with Crippen LogP contribution in [0.3, 0.4) is 0 Å². The number of halogens is 1. The van der Waals surface area contributed by atoms with Crippen molar-refractivity contribution in [2.75, 3.05) is 5.73 Å². The van der Waals surface area contributed by atoms with E-state index in [1.807, 2.05) is 18.2 Å². The molecule has 96 valence electrons. The van der Waals surface area contributed by atoms with Gasteiger partial charge in [-0.05, 0) is 37.0 Å². The second kappa shape index (κ2) is 3.99. The smallest absolute Gasteiger partial charge is 0.141 e. The molecule has 1 aliphatic rings. The lowest BCUT2D eigenvalue weighted by Crippen LogP contribution is -1.89. The van der Waals surface area contributed by atoms with Gasteiger partial charge >= 0.3 is 0 Å². The fourth-order valence-electron chi connectivity index (χ4n) is 2.80. The van der Waals surface area contributed by atoms with Crippen molar-refractivity contribution in [3.05, 3.63) is 33.7 Å². The Labute approximate surface area is 119 Å². The third-order valence-corrected chi connectivity index (χ3v) is 5.07. The summed E-state index contributed by atoms with van der Waals surface area (Å²) in [5.41, 5.74) is 10.4. The summed E-state index contributed by atoms with van der Waals surface area (Å²) in [4.78, 5) is 9.39. The number of para-hydroxylation sites is 1. The molecular formula is C14H12ClN3S. The topological polar surface area (TPSA) is 54.7 Å². The number of nitrogen functional groups attached to an aromatic ring is 1. The Hall–Kier alpha value is -1.52. The predicted octanol–water partition coefficient (Wildman–Crippen LogP) is 4.02. The molecule has 2 aromatic heterocycles. The van der Waals surface area contributed by atoms with Gasteiger partial charge in [-0.3, -0.25) is 0 Å². The number of nitrogens with two attached hydrogens (primary N) is 1. The first kappa shape index (κ1) is 11.3. The molecule has 0 aliphatic heterocycles. The van der Waals surface area contributed by atoms with Crippen LogP contribution in [0.4, 0.5) is 5.00 Å². The molecule has 1 aliphatic carbocycles. The van der Waals surface area contributed by atoms with Gasteiger partial charge in [0.05, 0.1) is 21.1 Å². The minimum Gasteiger partial charge on any atom is -0.390 e. The van der Waals surface area contributed by atoms with Gasteiger partial charge in [-0.15, -0.1) is 11.3 Å². The Balaban J connectivity index is 1.98. The first-order valence-electron chi connectivity index (χ1n) is 6.28. The number of aromatic amines is 1. The van der Waals surface area contributed by atoms with Crippen LogP contribution >= 0.6 is 22.9 Å². The molecule has 0 bridgehead atoms. The van der Waals surface area contributed by atoms with Gasteiger partial charge in [0.25, 0.3) is 0 Å². The number of hydrogen-bond acceptors (Lipinski definition) is 3. The number of hydrogen-bond donors (Lipinski definition) is 2. The fraction of sp³-hybridized carbons (Fsp3) is 0.214. The van der Waals surface area contributed by atoms with Crippen molar-refractivity contribution >= 4 is 39.0 Å². The van der Waals surface area contributed by atoms with Crippen LogP contribution in [0.1, 0.15) is 16.9 Å². The number of benzene rings is 1. The van der Waals surface area contributed by atoms with Crippen molar-refractivity contribution in [3.63, 3.8) is 0 Å². The zero-order valence-electron chi connectivity index (χ0n) is 10.2. The van der Waals surface area contributed by atoms with Crippen LogP contribution in [-0.2, 0) is 12.8 Å². The normalized spacial score (nSPS) is 14.2. The summed E-state index contributed by atoms with van der Waals surface area (Å²) in [6, 6.07) is 5.77. The fourth-order valence-corrected chi connectivity index (χ4v) is 4.18. The Morgan fingerprint density at radius 3 is 3.05 bits per heavy atom. The average molecular weight is 290 g/mol. The zero-order valence-corrected chi connectivity index (χ0v) is 11.7. The van der Waals surface area contributed by atoms with E-state index in [-0.39, 0.29) is 0 Å². The molecule has 0 atom stereocenters. The van der Waals surface area contributed by atoms with Crippen molar-refractivity contribution in [3.8, 4) is 11.4 Å². The highest BCUT2D eigenvalue weighted by atomic mass is 35.5. The lowest BCUT2D eigenvalue weighted by Gasteiger charge is -1.98. The first-order chi connectivity index (χ1) is 9.24. The highest BCUT2D eigenvalue weighted by molar-refractivity contribution is 7.16. The molecule has 0 fully saturated rings. The minimum absolute atomic E-state index is 0.672. The summed E-state index contributed by atoms with van der Waals surface area (Å²) in [6.07, 6.45) is 3.46. The summed E-state index contributed by atoms with van der Waals surface area (Å²) < 4.78 is 0. The Kier molecular flexibility index (Phi) is 2.37. The first-order valence-corrected chi connectivity index (χ1v) is 7.48. The molecule has 0 saturated heterocycles. The number of aromatic nitrogens is 2. The van der Waals surface area contributed by atoms with Gasteiger partial charge in [-0.2, -0.15) is 0 Å². The van der Waals surface area contributed by atoms with Crippen LogP contribution in [0.2, 0.25) is 5.02 Å². The van der Waals surface area contributed by atoms with Gasteiger partial charge in [0.2, 0.25) is 0 Å². The summed E-state index contributed by atoms with van der Waals surface area (Å²) >= 11 is 7.87. The summed E-state index contributed by atoms with van der Waals surface area (Å²) in [5, 5.41) is 1.53. The SMILES string of the molecule is Nc1sc2c(c1-c1nc3c(Cl)cccc3[nH]1)CCC2. The molecule has 3 N–H and O–H groups in total. The number of thiophene rings is 1. The van der Waals surface area contributed by atoms with Crippen LogP contribution in [0.5, 0.6) is 0 Å². The van der Waals surface area contributed by atoms with Crippen molar-refractivity contribution < 1.29 is 0 Å². The maximum absolute atomic E-state index is 6.18. The summed E-state index contributed by atoms with van der Waals surface area (Å²) in [5.74, 6) is 0.847. The highest BCUT2D eigenvalue weighted by Gasteiger charge is 2.23. The maximum Gasteiger partial charge on any atom is 0.141 e. The van der Waals surface area contributed by atoms with Gasteiger partial charge in [0.1, 0.15) is 11.3 Å². The molecule has 0 unspecified atom stereocenters. The Morgan fingerprint density at radius 2 is 2.21 bits per heavy atom. The quantitative estimate of drug-likeness (QED) is 0.711. The van der Waals surface area contributed by atoms with Crippen LogP contribution in [-0.4, -0.2) is 9.97 Å². The van der Waals surface area contributed by atoms with E-state index in [1.165, 1.54) is 16.9 Å². The van der Waals surface area contributed by atoms with E-state index >= 15 is 0 Å². The van der Waals surface area contributed by atoms with Gasteiger partial charge in [-0.25, -0.2) is 4.98 Å². The van der Waals surface area contributed by atoms with Crippen LogP contribution in [0.25, 0.3) is 22.4 Å². The zero-order chi connectivity index (χ0) is 13.0. The molecule has 0 amide bonds. The molecule has 0 saturated carbocycles. The minimum atomic E-state index is 0.672. The maximum atomic E-state index is 6.18.